The van der Waals surface area contributed by atoms with Gasteiger partial charge in [0, 0.05) is 30.1 Å². The standard InChI is InChI=1S/C32H33F3N6O2S/c1-20-17-22(3)28(23(4)18-20)40-15-16-44-31(40)38-30(42)36-14-13-21(2)24-5-7-25(8-6-24)29-37-19-41(39-29)26-9-11-27(12-10-26)43-32(33,34)35/h5-12,17-19,21H,13-16H2,1-4H3,(H,36,42)/b38-31-. The Bertz CT molecular complexity index is 1630. The van der Waals surface area contributed by atoms with Crippen molar-refractivity contribution >= 4 is 28.6 Å². The molecule has 12 heteroatoms. The number of benzene rings is 3. The molecule has 44 heavy (non-hydrogen) atoms. The molecule has 2 heterocycles. The second-order valence-corrected chi connectivity index (χ2v) is 11.8. The number of urea groups is 1. The minimum Gasteiger partial charge on any atom is -0.406 e. The predicted molar refractivity (Wildman–Crippen MR) is 168 cm³/mol. The Balaban J connectivity index is 1.14. The van der Waals surface area contributed by atoms with Gasteiger partial charge < -0.3 is 15.0 Å². The van der Waals surface area contributed by atoms with Crippen LogP contribution in [0.3, 0.4) is 0 Å². The highest BCUT2D eigenvalue weighted by Gasteiger charge is 2.31. The molecule has 1 fully saturated rings. The first-order valence-corrected chi connectivity index (χ1v) is 15.2. The second-order valence-electron chi connectivity index (χ2n) is 10.7. The van der Waals surface area contributed by atoms with Crippen molar-refractivity contribution in [2.45, 2.75) is 46.4 Å². The zero-order valence-electron chi connectivity index (χ0n) is 24.9. The lowest BCUT2D eigenvalue weighted by Gasteiger charge is -2.23. The largest absolute Gasteiger partial charge is 0.573 e. The number of aromatic nitrogens is 3. The van der Waals surface area contributed by atoms with E-state index < -0.39 is 6.36 Å². The zero-order valence-corrected chi connectivity index (χ0v) is 25.7. The van der Waals surface area contributed by atoms with E-state index in [1.54, 1.807) is 11.8 Å². The maximum absolute atomic E-state index is 12.7. The van der Waals surface area contributed by atoms with E-state index in [1.807, 2.05) is 24.3 Å². The van der Waals surface area contributed by atoms with Gasteiger partial charge in [-0.15, -0.1) is 18.3 Å². The van der Waals surface area contributed by atoms with Crippen LogP contribution in [0.2, 0.25) is 0 Å². The quantitative estimate of drug-likeness (QED) is 0.218. The van der Waals surface area contributed by atoms with Gasteiger partial charge in [0.2, 0.25) is 0 Å². The molecule has 1 saturated heterocycles. The molecule has 0 aliphatic carbocycles. The molecule has 3 aromatic carbocycles. The van der Waals surface area contributed by atoms with E-state index in [0.29, 0.717) is 18.1 Å². The van der Waals surface area contributed by atoms with Crippen molar-refractivity contribution in [1.29, 1.82) is 0 Å². The van der Waals surface area contributed by atoms with Crippen LogP contribution in [0.4, 0.5) is 23.7 Å². The number of nitrogens with one attached hydrogen (secondary N) is 1. The van der Waals surface area contributed by atoms with Crippen molar-refractivity contribution in [3.63, 3.8) is 0 Å². The monoisotopic (exact) mass is 622 g/mol. The molecule has 0 saturated carbocycles. The lowest BCUT2D eigenvalue weighted by molar-refractivity contribution is -0.274. The fraction of sp³-hybridized carbons (Fsp3) is 0.312. The Kier molecular flexibility index (Phi) is 9.28. The maximum Gasteiger partial charge on any atom is 0.573 e. The molecule has 8 nitrogen and oxygen atoms in total. The van der Waals surface area contributed by atoms with Crippen molar-refractivity contribution in [2.75, 3.05) is 23.7 Å². The van der Waals surface area contributed by atoms with Crippen molar-refractivity contribution in [3.05, 3.63) is 89.2 Å². The van der Waals surface area contributed by atoms with Crippen LogP contribution in [0.15, 0.2) is 72.0 Å². The lowest BCUT2D eigenvalue weighted by Crippen LogP contribution is -2.29. The number of carbonyl (C=O) groups is 1. The molecule has 2 amide bonds. The smallest absolute Gasteiger partial charge is 0.406 e. The molecule has 0 spiro atoms. The summed E-state index contributed by atoms with van der Waals surface area (Å²) in [6, 6.07) is 17.2. The fourth-order valence-corrected chi connectivity index (χ4v) is 6.21. The van der Waals surface area contributed by atoms with Crippen LogP contribution < -0.4 is 15.0 Å². The van der Waals surface area contributed by atoms with E-state index in [2.05, 4.69) is 69.9 Å². The van der Waals surface area contributed by atoms with Gasteiger partial charge in [0.15, 0.2) is 11.0 Å². The highest BCUT2D eigenvalue weighted by atomic mass is 32.2. The van der Waals surface area contributed by atoms with Crippen LogP contribution in [-0.2, 0) is 0 Å². The van der Waals surface area contributed by atoms with Gasteiger partial charge in [0.25, 0.3) is 0 Å². The number of aryl methyl sites for hydroxylation is 3. The molecule has 5 rings (SSSR count). The van der Waals surface area contributed by atoms with Gasteiger partial charge in [-0.1, -0.05) is 60.6 Å². The third-order valence-corrected chi connectivity index (χ3v) is 8.25. The number of anilines is 1. The number of carbonyl (C=O) groups excluding carboxylic acids is 1. The number of rotatable bonds is 8. The van der Waals surface area contributed by atoms with Crippen LogP contribution in [0.1, 0.15) is 41.5 Å². The van der Waals surface area contributed by atoms with Crippen molar-refractivity contribution in [2.24, 2.45) is 4.99 Å². The van der Waals surface area contributed by atoms with Gasteiger partial charge >= 0.3 is 12.4 Å². The van der Waals surface area contributed by atoms with Crippen molar-refractivity contribution in [3.8, 4) is 22.8 Å². The van der Waals surface area contributed by atoms with Gasteiger partial charge in [-0.2, -0.15) is 4.99 Å². The van der Waals surface area contributed by atoms with E-state index in [1.165, 1.54) is 52.0 Å². The average molecular weight is 623 g/mol. The number of hydrogen-bond acceptors (Lipinski definition) is 5. The number of ether oxygens (including phenoxy) is 1. The Morgan fingerprint density at radius 3 is 2.41 bits per heavy atom. The molecule has 1 atom stereocenters. The summed E-state index contributed by atoms with van der Waals surface area (Å²) in [5.41, 5.74) is 7.16. The van der Waals surface area contributed by atoms with Gasteiger partial charge in [-0.05, 0) is 74.1 Å². The Hall–Kier alpha value is -4.32. The summed E-state index contributed by atoms with van der Waals surface area (Å²) in [4.78, 5) is 23.6. The Labute approximate surface area is 258 Å². The summed E-state index contributed by atoms with van der Waals surface area (Å²) in [5.74, 6) is 1.26. The lowest BCUT2D eigenvalue weighted by atomic mass is 9.96. The molecular weight excluding hydrogens is 589 g/mol. The highest BCUT2D eigenvalue weighted by Crippen LogP contribution is 2.32. The van der Waals surface area contributed by atoms with E-state index in [4.69, 9.17) is 0 Å². The first kappa shape index (κ1) is 31.1. The summed E-state index contributed by atoms with van der Waals surface area (Å²) in [6.45, 7) is 9.68. The van der Waals surface area contributed by atoms with E-state index >= 15 is 0 Å². The van der Waals surface area contributed by atoms with E-state index in [0.717, 1.165) is 40.7 Å². The number of halogens is 3. The van der Waals surface area contributed by atoms with Crippen LogP contribution in [-0.4, -0.2) is 51.2 Å². The number of thioether (sulfide) groups is 1. The predicted octanol–water partition coefficient (Wildman–Crippen LogP) is 7.57. The number of nitrogens with zero attached hydrogens (tertiary/aromatic N) is 5. The van der Waals surface area contributed by atoms with Crippen molar-refractivity contribution < 1.29 is 22.7 Å². The summed E-state index contributed by atoms with van der Waals surface area (Å²) >= 11 is 1.59. The molecular formula is C32H33F3N6O2S. The molecule has 4 aromatic rings. The molecule has 230 valence electrons. The molecule has 1 aliphatic heterocycles. The average Bonchev–Trinajstić information content (AvgIpc) is 3.63. The summed E-state index contributed by atoms with van der Waals surface area (Å²) in [7, 11) is 0. The molecule has 1 aliphatic rings. The fourth-order valence-electron chi connectivity index (χ4n) is 5.27. The summed E-state index contributed by atoms with van der Waals surface area (Å²) < 4.78 is 42.6. The minimum absolute atomic E-state index is 0.190. The highest BCUT2D eigenvalue weighted by molar-refractivity contribution is 8.14. The number of amides is 2. The SMILES string of the molecule is Cc1cc(C)c(N2CCS/C2=N\C(=O)NCCC(C)c2ccc(-c3ncn(-c4ccc(OC(F)(F)F)cc4)n3)cc2)c(C)c1. The topological polar surface area (TPSA) is 84.6 Å². The molecule has 1 unspecified atom stereocenters. The van der Waals surface area contributed by atoms with Gasteiger partial charge in [-0.25, -0.2) is 14.5 Å². The van der Waals surface area contributed by atoms with Gasteiger partial charge in [-0.3, -0.25) is 0 Å². The molecule has 1 N–H and O–H groups in total. The van der Waals surface area contributed by atoms with E-state index in [-0.39, 0.29) is 17.7 Å². The van der Waals surface area contributed by atoms with Crippen molar-refractivity contribution in [1.82, 2.24) is 20.1 Å². The number of hydrogen-bond donors (Lipinski definition) is 1. The van der Waals surface area contributed by atoms with Gasteiger partial charge in [0.05, 0.1) is 5.69 Å². The first-order valence-electron chi connectivity index (χ1n) is 14.2. The second kappa shape index (κ2) is 13.1. The minimum atomic E-state index is -4.74. The number of amidine groups is 1. The molecule has 1 aromatic heterocycles. The van der Waals surface area contributed by atoms with Crippen LogP contribution in [0.25, 0.3) is 17.1 Å². The summed E-state index contributed by atoms with van der Waals surface area (Å²) in [6.07, 6.45) is -2.50. The Morgan fingerprint density at radius 2 is 1.75 bits per heavy atom. The van der Waals surface area contributed by atoms with Crippen LogP contribution in [0, 0.1) is 20.8 Å². The zero-order chi connectivity index (χ0) is 31.4. The van der Waals surface area contributed by atoms with Gasteiger partial charge in [0.1, 0.15) is 12.1 Å². The van der Waals surface area contributed by atoms with E-state index in [9.17, 15) is 18.0 Å². The van der Waals surface area contributed by atoms with Crippen LogP contribution in [0.5, 0.6) is 5.75 Å². The number of alkyl halides is 3. The first-order chi connectivity index (χ1) is 21.0. The number of aliphatic imine (C=N–C) groups is 1. The third kappa shape index (κ3) is 7.60. The molecule has 0 radical (unpaired) electrons. The summed E-state index contributed by atoms with van der Waals surface area (Å²) in [5, 5.41) is 8.12. The normalized spacial score (nSPS) is 15.1. The van der Waals surface area contributed by atoms with Crippen LogP contribution >= 0.6 is 11.8 Å². The third-order valence-electron chi connectivity index (χ3n) is 7.30. The maximum atomic E-state index is 12.7. The Morgan fingerprint density at radius 1 is 1.07 bits per heavy atom. The molecule has 0 bridgehead atoms.